The van der Waals surface area contributed by atoms with Crippen LogP contribution in [-0.4, -0.2) is 32.4 Å². The van der Waals surface area contributed by atoms with Gasteiger partial charge in [0.15, 0.2) is 0 Å². The Hall–Kier alpha value is -1.42. The van der Waals surface area contributed by atoms with E-state index in [1.165, 1.54) is 0 Å². The van der Waals surface area contributed by atoms with E-state index < -0.39 is 0 Å². The molecule has 0 saturated carbocycles. The second-order valence-corrected chi connectivity index (χ2v) is 4.44. The van der Waals surface area contributed by atoms with Crippen LogP contribution in [0.4, 0.5) is 11.4 Å². The molecule has 1 saturated heterocycles. The molecule has 4 nitrogen and oxygen atoms in total. The maximum absolute atomic E-state index is 5.48. The monoisotopic (exact) mass is 220 g/mol. The zero-order chi connectivity index (χ0) is 11.0. The van der Waals surface area contributed by atoms with Crippen molar-refractivity contribution in [3.63, 3.8) is 0 Å². The lowest BCUT2D eigenvalue weighted by atomic mass is 9.95. The van der Waals surface area contributed by atoms with Crippen LogP contribution in [0.15, 0.2) is 18.2 Å². The lowest BCUT2D eigenvalue weighted by molar-refractivity contribution is 0.183. The quantitative estimate of drug-likeness (QED) is 0.756. The van der Waals surface area contributed by atoms with Gasteiger partial charge in [-0.25, -0.2) is 0 Å². The predicted molar refractivity (Wildman–Crippen MR) is 63.3 cm³/mol. The van der Waals surface area contributed by atoms with Gasteiger partial charge in [0.25, 0.3) is 0 Å². The Bertz CT molecular complexity index is 400. The summed E-state index contributed by atoms with van der Waals surface area (Å²) in [7, 11) is 1.69. The summed E-state index contributed by atoms with van der Waals surface area (Å²) in [5.41, 5.74) is 2.23. The van der Waals surface area contributed by atoms with Crippen molar-refractivity contribution in [2.45, 2.75) is 12.0 Å². The maximum atomic E-state index is 5.48. The van der Waals surface area contributed by atoms with E-state index in [-0.39, 0.29) is 5.54 Å². The second kappa shape index (κ2) is 3.56. The minimum absolute atomic E-state index is 0.0688. The van der Waals surface area contributed by atoms with Crippen molar-refractivity contribution in [1.82, 2.24) is 0 Å². The minimum atomic E-state index is 0.0688. The molecule has 1 aromatic rings. The summed E-state index contributed by atoms with van der Waals surface area (Å²) in [6.45, 7) is 2.50. The van der Waals surface area contributed by atoms with Crippen LogP contribution in [0.1, 0.15) is 6.42 Å². The number of anilines is 2. The number of hydrogen-bond donors (Lipinski definition) is 2. The zero-order valence-electron chi connectivity index (χ0n) is 9.38. The van der Waals surface area contributed by atoms with Crippen LogP contribution < -0.4 is 15.4 Å². The molecule has 0 bridgehead atoms. The third-order valence-electron chi connectivity index (χ3n) is 3.35. The number of methoxy groups -OCH3 is 1. The fourth-order valence-electron chi connectivity index (χ4n) is 2.42. The minimum Gasteiger partial charge on any atom is -0.495 e. The molecular formula is C12H16N2O2. The Morgan fingerprint density at radius 2 is 2.38 bits per heavy atom. The van der Waals surface area contributed by atoms with E-state index in [4.69, 9.17) is 9.47 Å². The van der Waals surface area contributed by atoms with Gasteiger partial charge in [0, 0.05) is 13.2 Å². The molecule has 1 aromatic carbocycles. The molecular weight excluding hydrogens is 204 g/mol. The van der Waals surface area contributed by atoms with Crippen molar-refractivity contribution in [3.05, 3.63) is 18.2 Å². The molecule has 1 fully saturated rings. The van der Waals surface area contributed by atoms with Gasteiger partial charge in [-0.1, -0.05) is 6.07 Å². The Kier molecular flexibility index (Phi) is 2.17. The number of nitrogens with one attached hydrogen (secondary N) is 2. The van der Waals surface area contributed by atoms with Gasteiger partial charge in [0.2, 0.25) is 0 Å². The Balaban J connectivity index is 1.94. The van der Waals surface area contributed by atoms with Gasteiger partial charge in [-0.3, -0.25) is 0 Å². The van der Waals surface area contributed by atoms with Crippen LogP contribution in [0.3, 0.4) is 0 Å². The fourth-order valence-corrected chi connectivity index (χ4v) is 2.42. The van der Waals surface area contributed by atoms with Gasteiger partial charge in [0.05, 0.1) is 24.9 Å². The van der Waals surface area contributed by atoms with E-state index in [2.05, 4.69) is 16.7 Å². The fraction of sp³-hybridized carbons (Fsp3) is 0.500. The maximum Gasteiger partial charge on any atom is 0.144 e. The summed E-state index contributed by atoms with van der Waals surface area (Å²) in [4.78, 5) is 0. The third-order valence-corrected chi connectivity index (χ3v) is 3.35. The topological polar surface area (TPSA) is 42.5 Å². The molecule has 2 aliphatic heterocycles. The molecule has 0 amide bonds. The van der Waals surface area contributed by atoms with E-state index in [1.54, 1.807) is 7.11 Å². The molecule has 0 aromatic heterocycles. The average molecular weight is 220 g/mol. The largest absolute Gasteiger partial charge is 0.495 e. The first-order valence-corrected chi connectivity index (χ1v) is 5.60. The van der Waals surface area contributed by atoms with Crippen LogP contribution >= 0.6 is 0 Å². The van der Waals surface area contributed by atoms with Gasteiger partial charge in [-0.2, -0.15) is 0 Å². The van der Waals surface area contributed by atoms with E-state index in [9.17, 15) is 0 Å². The van der Waals surface area contributed by atoms with Crippen molar-refractivity contribution in [1.29, 1.82) is 0 Å². The van der Waals surface area contributed by atoms with Crippen molar-refractivity contribution in [2.75, 3.05) is 37.5 Å². The number of hydrogen-bond acceptors (Lipinski definition) is 4. The first-order chi connectivity index (χ1) is 7.83. The van der Waals surface area contributed by atoms with Gasteiger partial charge >= 0.3 is 0 Å². The summed E-state index contributed by atoms with van der Waals surface area (Å²) < 4.78 is 10.8. The normalized spacial score (nSPS) is 27.1. The Morgan fingerprint density at radius 1 is 1.44 bits per heavy atom. The molecule has 3 rings (SSSR count). The van der Waals surface area contributed by atoms with Gasteiger partial charge in [-0.15, -0.1) is 0 Å². The number of benzene rings is 1. The molecule has 4 heteroatoms. The van der Waals surface area contributed by atoms with Crippen LogP contribution in [0.2, 0.25) is 0 Å². The van der Waals surface area contributed by atoms with Crippen molar-refractivity contribution >= 4 is 11.4 Å². The molecule has 0 aliphatic carbocycles. The second-order valence-electron chi connectivity index (χ2n) is 4.44. The van der Waals surface area contributed by atoms with Crippen LogP contribution in [0.5, 0.6) is 5.75 Å². The van der Waals surface area contributed by atoms with Crippen molar-refractivity contribution in [2.24, 2.45) is 0 Å². The van der Waals surface area contributed by atoms with Crippen LogP contribution in [0, 0.1) is 0 Å². The van der Waals surface area contributed by atoms with Crippen molar-refractivity contribution in [3.8, 4) is 5.75 Å². The number of fused-ring (bicyclic) bond motifs is 1. The summed E-state index contributed by atoms with van der Waals surface area (Å²) in [5.74, 6) is 0.888. The zero-order valence-corrected chi connectivity index (χ0v) is 9.38. The van der Waals surface area contributed by atoms with Crippen LogP contribution in [-0.2, 0) is 4.74 Å². The third kappa shape index (κ3) is 1.41. The van der Waals surface area contributed by atoms with Gasteiger partial charge in [0.1, 0.15) is 11.4 Å². The molecule has 2 N–H and O–H groups in total. The van der Waals surface area contributed by atoms with Gasteiger partial charge in [-0.05, 0) is 18.6 Å². The molecule has 16 heavy (non-hydrogen) atoms. The Morgan fingerprint density at radius 3 is 3.12 bits per heavy atom. The summed E-state index contributed by atoms with van der Waals surface area (Å²) >= 11 is 0. The number of rotatable bonds is 1. The predicted octanol–water partition coefficient (Wildman–Crippen LogP) is 1.69. The molecule has 1 atom stereocenters. The lowest BCUT2D eigenvalue weighted by Gasteiger charge is -2.36. The highest BCUT2D eigenvalue weighted by atomic mass is 16.5. The highest BCUT2D eigenvalue weighted by Crippen LogP contribution is 2.39. The lowest BCUT2D eigenvalue weighted by Crippen LogP contribution is -2.48. The number of para-hydroxylation sites is 1. The summed E-state index contributed by atoms with van der Waals surface area (Å²) in [5, 5.41) is 7.03. The average Bonchev–Trinajstić information content (AvgIpc) is 2.76. The summed E-state index contributed by atoms with van der Waals surface area (Å²) in [6.07, 6.45) is 1.05. The molecule has 0 radical (unpaired) electrons. The standard InChI is InChI=1S/C12H16N2O2/c1-15-10-4-2-3-9-11(10)13-7-12(14-9)5-6-16-8-12/h2-4,13-14H,5-8H2,1H3. The molecule has 1 unspecified atom stereocenters. The first-order valence-electron chi connectivity index (χ1n) is 5.60. The molecule has 86 valence electrons. The molecule has 2 heterocycles. The SMILES string of the molecule is COc1cccc2c1NCC1(CCOC1)N2. The molecule has 2 aliphatic rings. The van der Waals surface area contributed by atoms with E-state index in [0.717, 1.165) is 43.3 Å². The van der Waals surface area contributed by atoms with E-state index in [1.807, 2.05) is 12.1 Å². The number of ether oxygens (including phenoxy) is 2. The highest BCUT2D eigenvalue weighted by molar-refractivity contribution is 5.78. The first kappa shape index (κ1) is 9.78. The Labute approximate surface area is 94.9 Å². The summed E-state index contributed by atoms with van der Waals surface area (Å²) in [6, 6.07) is 6.04. The smallest absolute Gasteiger partial charge is 0.144 e. The highest BCUT2D eigenvalue weighted by Gasteiger charge is 2.38. The van der Waals surface area contributed by atoms with Gasteiger partial charge < -0.3 is 20.1 Å². The van der Waals surface area contributed by atoms with E-state index >= 15 is 0 Å². The van der Waals surface area contributed by atoms with Crippen molar-refractivity contribution < 1.29 is 9.47 Å². The molecule has 1 spiro atoms. The van der Waals surface area contributed by atoms with Crippen LogP contribution in [0.25, 0.3) is 0 Å². The van der Waals surface area contributed by atoms with E-state index in [0.29, 0.717) is 0 Å².